The van der Waals surface area contributed by atoms with E-state index in [4.69, 9.17) is 4.74 Å². The van der Waals surface area contributed by atoms with Crippen LogP contribution in [-0.2, 0) is 26.5 Å². The van der Waals surface area contributed by atoms with Gasteiger partial charge in [-0.25, -0.2) is 4.79 Å². The lowest BCUT2D eigenvalue weighted by molar-refractivity contribution is -0.139. The molecule has 0 saturated carbocycles. The van der Waals surface area contributed by atoms with Gasteiger partial charge >= 0.3 is 6.09 Å². The van der Waals surface area contributed by atoms with Gasteiger partial charge < -0.3 is 24.7 Å². The molecule has 0 bridgehead atoms. The number of amides is 3. The van der Waals surface area contributed by atoms with E-state index in [1.807, 2.05) is 30.3 Å². The summed E-state index contributed by atoms with van der Waals surface area (Å²) in [6.07, 6.45) is 4.70. The van der Waals surface area contributed by atoms with Crippen LogP contribution in [0.4, 0.5) is 16.2 Å². The molecule has 2 fully saturated rings. The lowest BCUT2D eigenvalue weighted by Gasteiger charge is -2.28. The van der Waals surface area contributed by atoms with Gasteiger partial charge in [-0.1, -0.05) is 49.4 Å². The van der Waals surface area contributed by atoms with E-state index < -0.39 is 23.5 Å². The minimum absolute atomic E-state index is 0.0545. The molecule has 0 aliphatic carbocycles. The molecule has 0 aromatic heterocycles. The second-order valence-electron chi connectivity index (χ2n) is 10.1. The van der Waals surface area contributed by atoms with Crippen molar-refractivity contribution in [2.75, 3.05) is 36.1 Å². The first-order valence-corrected chi connectivity index (χ1v) is 13.1. The Hall–Kier alpha value is -3.69. The largest absolute Gasteiger partial charge is 0.447 e. The van der Waals surface area contributed by atoms with Gasteiger partial charge in [-0.15, -0.1) is 0 Å². The highest BCUT2D eigenvalue weighted by atomic mass is 16.6. The number of rotatable bonds is 8. The Kier molecular flexibility index (Phi) is 7.23. The average molecular weight is 520 g/mol. The molecule has 3 aliphatic heterocycles. The SMILES string of the molecule is C[C@H](/C=C/CC(=O)N1CCC[C@H]1CO)[C@@]1(O)C(=O)N(Cc2ccccc2)c2ccc(N3CCOC3=O)cc21. The number of aliphatic hydroxyl groups is 2. The number of fused-ring (bicyclic) bond motifs is 1. The molecule has 2 N–H and O–H groups in total. The van der Waals surface area contributed by atoms with Gasteiger partial charge in [0.2, 0.25) is 5.91 Å². The van der Waals surface area contributed by atoms with Crippen molar-refractivity contribution in [3.05, 3.63) is 71.8 Å². The molecule has 3 atom stereocenters. The number of benzene rings is 2. The summed E-state index contributed by atoms with van der Waals surface area (Å²) in [5.41, 5.74) is 0.580. The zero-order chi connectivity index (χ0) is 26.9. The molecule has 9 nitrogen and oxygen atoms in total. The Bertz CT molecular complexity index is 1250. The highest BCUT2D eigenvalue weighted by Crippen LogP contribution is 2.47. The van der Waals surface area contributed by atoms with Crippen molar-refractivity contribution in [2.24, 2.45) is 5.92 Å². The minimum atomic E-state index is -1.88. The molecule has 2 saturated heterocycles. The molecule has 200 valence electrons. The van der Waals surface area contributed by atoms with Gasteiger partial charge in [-0.3, -0.25) is 14.5 Å². The number of carbonyl (C=O) groups excluding carboxylic acids is 3. The van der Waals surface area contributed by atoms with Gasteiger partial charge in [0.05, 0.1) is 31.4 Å². The molecule has 9 heteroatoms. The van der Waals surface area contributed by atoms with Crippen LogP contribution >= 0.6 is 0 Å². The zero-order valence-electron chi connectivity index (χ0n) is 21.5. The Balaban J connectivity index is 1.43. The summed E-state index contributed by atoms with van der Waals surface area (Å²) in [6, 6.07) is 14.6. The Labute approximate surface area is 221 Å². The number of hydrogen-bond acceptors (Lipinski definition) is 6. The Morgan fingerprint density at radius 3 is 2.68 bits per heavy atom. The number of anilines is 2. The smallest absolute Gasteiger partial charge is 0.414 e. The quantitative estimate of drug-likeness (QED) is 0.519. The van der Waals surface area contributed by atoms with Crippen LogP contribution < -0.4 is 9.80 Å². The van der Waals surface area contributed by atoms with Crippen LogP contribution in [0.2, 0.25) is 0 Å². The number of aliphatic hydroxyl groups excluding tert-OH is 1. The second-order valence-corrected chi connectivity index (χ2v) is 10.1. The Morgan fingerprint density at radius 1 is 1.18 bits per heavy atom. The number of nitrogens with zero attached hydrogens (tertiary/aromatic N) is 3. The summed E-state index contributed by atoms with van der Waals surface area (Å²) in [4.78, 5) is 43.5. The maximum atomic E-state index is 13.8. The minimum Gasteiger partial charge on any atom is -0.447 e. The van der Waals surface area contributed by atoms with Gasteiger partial charge in [0, 0.05) is 30.1 Å². The summed E-state index contributed by atoms with van der Waals surface area (Å²) >= 11 is 0. The zero-order valence-corrected chi connectivity index (χ0v) is 21.5. The number of cyclic esters (lactones) is 1. The highest BCUT2D eigenvalue weighted by Gasteiger charge is 2.53. The summed E-state index contributed by atoms with van der Waals surface area (Å²) in [5.74, 6) is -1.20. The van der Waals surface area contributed by atoms with E-state index in [2.05, 4.69) is 0 Å². The fraction of sp³-hybridized carbons (Fsp3) is 0.414. The monoisotopic (exact) mass is 519 g/mol. The first-order chi connectivity index (χ1) is 18.3. The van der Waals surface area contributed by atoms with Crippen molar-refractivity contribution in [1.82, 2.24) is 4.90 Å². The average Bonchev–Trinajstić information content (AvgIpc) is 3.64. The molecule has 0 unspecified atom stereocenters. The van der Waals surface area contributed by atoms with E-state index in [0.29, 0.717) is 30.0 Å². The van der Waals surface area contributed by atoms with Crippen LogP contribution in [0.1, 0.15) is 37.3 Å². The van der Waals surface area contributed by atoms with Crippen molar-refractivity contribution >= 4 is 29.3 Å². The predicted molar refractivity (Wildman–Crippen MR) is 141 cm³/mol. The normalized spacial score (nSPS) is 23.9. The van der Waals surface area contributed by atoms with Crippen LogP contribution in [-0.4, -0.2) is 65.4 Å². The number of ether oxygens (including phenoxy) is 1. The third kappa shape index (κ3) is 4.56. The van der Waals surface area contributed by atoms with Crippen molar-refractivity contribution in [3.8, 4) is 0 Å². The summed E-state index contributed by atoms with van der Waals surface area (Å²) in [6.45, 7) is 3.27. The Morgan fingerprint density at radius 2 is 1.97 bits per heavy atom. The van der Waals surface area contributed by atoms with Crippen molar-refractivity contribution in [2.45, 2.75) is 44.4 Å². The lowest BCUT2D eigenvalue weighted by atomic mass is 9.82. The molecule has 5 rings (SSSR count). The highest BCUT2D eigenvalue weighted by molar-refractivity contribution is 6.08. The predicted octanol–water partition coefficient (Wildman–Crippen LogP) is 2.94. The van der Waals surface area contributed by atoms with Gasteiger partial charge in [0.25, 0.3) is 5.91 Å². The molecule has 3 amide bonds. The van der Waals surface area contributed by atoms with E-state index in [0.717, 1.165) is 18.4 Å². The van der Waals surface area contributed by atoms with Crippen molar-refractivity contribution in [3.63, 3.8) is 0 Å². The van der Waals surface area contributed by atoms with E-state index in [9.17, 15) is 24.6 Å². The maximum absolute atomic E-state index is 13.8. The number of carbonyl (C=O) groups is 3. The second kappa shape index (κ2) is 10.6. The molecule has 0 spiro atoms. The summed E-state index contributed by atoms with van der Waals surface area (Å²) in [5, 5.41) is 21.5. The molecule has 2 aromatic carbocycles. The topological polar surface area (TPSA) is 111 Å². The van der Waals surface area contributed by atoms with Crippen LogP contribution in [0.15, 0.2) is 60.7 Å². The van der Waals surface area contributed by atoms with E-state index in [1.54, 1.807) is 47.1 Å². The standard InChI is InChI=1S/C29H33N3O6/c1-20(7-5-11-26(34)30-14-6-10-23(30)19-33)29(37)24-17-22(31-15-16-38-28(31)36)12-13-25(24)32(27(29)35)18-21-8-3-2-4-9-21/h2-5,7-9,12-13,17,20,23,33,37H,6,10-11,14-16,18-19H2,1H3/b7-5+/t20-,23+,29+/m1/s1. The number of hydrogen-bond donors (Lipinski definition) is 2. The molecular formula is C29H33N3O6. The van der Waals surface area contributed by atoms with Crippen LogP contribution in [0.25, 0.3) is 0 Å². The summed E-state index contributed by atoms with van der Waals surface area (Å²) < 4.78 is 5.08. The van der Waals surface area contributed by atoms with E-state index in [1.165, 1.54) is 4.90 Å². The molecule has 3 aliphatic rings. The van der Waals surface area contributed by atoms with Crippen LogP contribution in [0.5, 0.6) is 0 Å². The molecule has 38 heavy (non-hydrogen) atoms. The third-order valence-corrected chi connectivity index (χ3v) is 7.79. The lowest BCUT2D eigenvalue weighted by Crippen LogP contribution is -2.44. The fourth-order valence-corrected chi connectivity index (χ4v) is 5.64. The molecular weight excluding hydrogens is 486 g/mol. The number of likely N-dealkylation sites (tertiary alicyclic amines) is 1. The molecule has 2 aromatic rings. The van der Waals surface area contributed by atoms with Crippen molar-refractivity contribution < 1.29 is 29.3 Å². The van der Waals surface area contributed by atoms with Gasteiger partial charge in [-0.2, -0.15) is 0 Å². The van der Waals surface area contributed by atoms with Crippen LogP contribution in [0.3, 0.4) is 0 Å². The molecule has 0 radical (unpaired) electrons. The molecule has 3 heterocycles. The maximum Gasteiger partial charge on any atom is 0.414 e. The van der Waals surface area contributed by atoms with E-state index in [-0.39, 0.29) is 38.1 Å². The fourth-order valence-electron chi connectivity index (χ4n) is 5.64. The van der Waals surface area contributed by atoms with Gasteiger partial charge in [0.1, 0.15) is 6.61 Å². The van der Waals surface area contributed by atoms with Gasteiger partial charge in [-0.05, 0) is 36.6 Å². The van der Waals surface area contributed by atoms with Crippen LogP contribution in [0, 0.1) is 5.92 Å². The van der Waals surface area contributed by atoms with E-state index >= 15 is 0 Å². The first kappa shape index (κ1) is 25.9. The third-order valence-electron chi connectivity index (χ3n) is 7.79. The van der Waals surface area contributed by atoms with Crippen molar-refractivity contribution in [1.29, 1.82) is 0 Å². The first-order valence-electron chi connectivity index (χ1n) is 13.1. The van der Waals surface area contributed by atoms with Gasteiger partial charge in [0.15, 0.2) is 5.60 Å². The summed E-state index contributed by atoms with van der Waals surface area (Å²) in [7, 11) is 0.